The Morgan fingerprint density at radius 1 is 0.800 bits per heavy atom. The van der Waals surface area contributed by atoms with Crippen molar-refractivity contribution in [2.24, 2.45) is 0 Å². The molecule has 0 heterocycles. The van der Waals surface area contributed by atoms with Crippen molar-refractivity contribution in [2.75, 3.05) is 6.61 Å². The number of unbranched alkanes of at least 4 members (excludes halogenated alkanes) is 7. The highest BCUT2D eigenvalue weighted by molar-refractivity contribution is 5.64. The zero-order chi connectivity index (χ0) is 21.0. The molecule has 30 heavy (non-hydrogen) atoms. The van der Waals surface area contributed by atoms with Crippen LogP contribution in [0.3, 0.4) is 0 Å². The van der Waals surface area contributed by atoms with Gasteiger partial charge in [0.25, 0.3) is 0 Å². The smallest absolute Gasteiger partial charge is 0.165 e. The fourth-order valence-electron chi connectivity index (χ4n) is 4.42. The molecule has 1 nitrogen and oxygen atoms in total. The average Bonchev–Trinajstić information content (AvgIpc) is 2.79. The van der Waals surface area contributed by atoms with E-state index in [4.69, 9.17) is 4.74 Å². The van der Waals surface area contributed by atoms with Gasteiger partial charge in [0, 0.05) is 0 Å². The normalized spacial score (nSPS) is 14.7. The molecule has 0 aliphatic heterocycles. The van der Waals surface area contributed by atoms with Gasteiger partial charge in [-0.15, -0.1) is 0 Å². The average molecular weight is 410 g/mol. The molecular formula is C28H38FO. The Kier molecular flexibility index (Phi) is 9.73. The summed E-state index contributed by atoms with van der Waals surface area (Å²) in [7, 11) is 0. The van der Waals surface area contributed by atoms with Gasteiger partial charge in [-0.1, -0.05) is 82.2 Å². The van der Waals surface area contributed by atoms with Gasteiger partial charge in [0.2, 0.25) is 0 Å². The third kappa shape index (κ3) is 7.15. The topological polar surface area (TPSA) is 9.23 Å². The first-order valence-electron chi connectivity index (χ1n) is 12.1. The zero-order valence-corrected chi connectivity index (χ0v) is 18.7. The Labute approximate surface area is 183 Å². The van der Waals surface area contributed by atoms with E-state index in [0.717, 1.165) is 24.0 Å². The fourth-order valence-corrected chi connectivity index (χ4v) is 4.42. The van der Waals surface area contributed by atoms with E-state index in [-0.39, 0.29) is 5.82 Å². The van der Waals surface area contributed by atoms with E-state index < -0.39 is 0 Å². The van der Waals surface area contributed by atoms with E-state index in [9.17, 15) is 4.39 Å². The van der Waals surface area contributed by atoms with Crippen molar-refractivity contribution in [3.8, 4) is 16.9 Å². The highest BCUT2D eigenvalue weighted by Gasteiger charge is 2.15. The van der Waals surface area contributed by atoms with Crippen LogP contribution in [0.4, 0.5) is 4.39 Å². The van der Waals surface area contributed by atoms with Crippen LogP contribution in [-0.4, -0.2) is 6.61 Å². The number of hydrogen-bond donors (Lipinski definition) is 0. The van der Waals surface area contributed by atoms with E-state index in [2.05, 4.69) is 37.6 Å². The Bertz CT molecular complexity index is 731. The van der Waals surface area contributed by atoms with Gasteiger partial charge in [-0.05, 0) is 73.3 Å². The van der Waals surface area contributed by atoms with E-state index in [0.29, 0.717) is 18.3 Å². The molecule has 1 saturated carbocycles. The minimum absolute atomic E-state index is 0.265. The number of halogens is 1. The zero-order valence-electron chi connectivity index (χ0n) is 18.7. The summed E-state index contributed by atoms with van der Waals surface area (Å²) in [6, 6.07) is 14.0. The highest BCUT2D eigenvalue weighted by atomic mass is 19.1. The summed E-state index contributed by atoms with van der Waals surface area (Å²) in [5.41, 5.74) is 3.39. The first kappa shape index (κ1) is 22.8. The maximum atomic E-state index is 14.5. The molecule has 0 unspecified atom stereocenters. The van der Waals surface area contributed by atoms with E-state index in [1.807, 2.05) is 6.07 Å². The van der Waals surface area contributed by atoms with Crippen LogP contribution >= 0.6 is 0 Å². The molecule has 0 amide bonds. The van der Waals surface area contributed by atoms with Crippen LogP contribution in [0.5, 0.6) is 5.75 Å². The lowest BCUT2D eigenvalue weighted by Gasteiger charge is -2.22. The molecule has 1 fully saturated rings. The molecule has 0 bridgehead atoms. The lowest BCUT2D eigenvalue weighted by molar-refractivity contribution is 0.290. The number of benzene rings is 2. The Balaban J connectivity index is 1.43. The quantitative estimate of drug-likeness (QED) is 0.318. The molecule has 1 aliphatic carbocycles. The van der Waals surface area contributed by atoms with Gasteiger partial charge in [0.15, 0.2) is 11.6 Å². The van der Waals surface area contributed by atoms with Crippen molar-refractivity contribution >= 4 is 0 Å². The second-order valence-electron chi connectivity index (χ2n) is 8.73. The summed E-state index contributed by atoms with van der Waals surface area (Å²) in [5, 5.41) is 0. The van der Waals surface area contributed by atoms with Crippen LogP contribution in [-0.2, 0) is 0 Å². The summed E-state index contributed by atoms with van der Waals surface area (Å²) in [6.07, 6.45) is 17.4. The number of ether oxygens (including phenoxy) is 1. The molecule has 0 N–H and O–H groups in total. The van der Waals surface area contributed by atoms with E-state index in [1.165, 1.54) is 69.8 Å². The maximum absolute atomic E-state index is 14.5. The molecule has 3 rings (SSSR count). The lowest BCUT2D eigenvalue weighted by Crippen LogP contribution is -2.04. The van der Waals surface area contributed by atoms with Crippen molar-refractivity contribution in [3.05, 3.63) is 60.3 Å². The van der Waals surface area contributed by atoms with Gasteiger partial charge < -0.3 is 4.74 Å². The molecule has 0 aromatic heterocycles. The van der Waals surface area contributed by atoms with Crippen molar-refractivity contribution in [2.45, 2.75) is 89.9 Å². The molecule has 0 saturated heterocycles. The molecule has 0 spiro atoms. The number of rotatable bonds is 12. The van der Waals surface area contributed by atoms with E-state index >= 15 is 0 Å². The first-order chi connectivity index (χ1) is 14.8. The van der Waals surface area contributed by atoms with Crippen LogP contribution < -0.4 is 4.74 Å². The van der Waals surface area contributed by atoms with Gasteiger partial charge in [-0.25, -0.2) is 4.39 Å². The minimum Gasteiger partial charge on any atom is -0.491 e. The Morgan fingerprint density at radius 2 is 1.43 bits per heavy atom. The third-order valence-electron chi connectivity index (χ3n) is 6.34. The minimum atomic E-state index is -0.265. The summed E-state index contributed by atoms with van der Waals surface area (Å²) in [5.74, 6) is 0.781. The summed E-state index contributed by atoms with van der Waals surface area (Å²) >= 11 is 0. The molecule has 1 aliphatic rings. The molecule has 2 heteroatoms. The molecule has 2 aromatic carbocycles. The molecule has 163 valence electrons. The predicted molar refractivity (Wildman–Crippen MR) is 125 cm³/mol. The predicted octanol–water partition coefficient (Wildman–Crippen LogP) is 8.87. The summed E-state index contributed by atoms with van der Waals surface area (Å²) in [6.45, 7) is 2.84. The van der Waals surface area contributed by atoms with Crippen LogP contribution in [0.25, 0.3) is 11.1 Å². The summed E-state index contributed by atoms with van der Waals surface area (Å²) in [4.78, 5) is 0. The SMILES string of the molecule is CCCCCCCCCCOc1ccc(-c2ccc(C3CC[CH]CC3)cc2)cc1F. The Hall–Kier alpha value is -1.83. The first-order valence-corrected chi connectivity index (χ1v) is 12.1. The second kappa shape index (κ2) is 12.8. The van der Waals surface area contributed by atoms with Gasteiger partial charge in [0.1, 0.15) is 0 Å². The number of hydrogen-bond acceptors (Lipinski definition) is 1. The van der Waals surface area contributed by atoms with Crippen molar-refractivity contribution in [1.82, 2.24) is 0 Å². The Morgan fingerprint density at radius 3 is 2.10 bits per heavy atom. The van der Waals surface area contributed by atoms with Crippen molar-refractivity contribution in [1.29, 1.82) is 0 Å². The fraction of sp³-hybridized carbons (Fsp3) is 0.536. The van der Waals surface area contributed by atoms with Crippen LogP contribution in [0.2, 0.25) is 0 Å². The standard InChI is InChI=1S/C28H38FO/c1-2-3-4-5-6-7-8-12-21-30-28-20-19-26(22-27(28)29)25-17-15-24(16-18-25)23-13-10-9-11-14-23/h9,15-20,22-23H,2-8,10-14,21H2,1H3. The lowest BCUT2D eigenvalue weighted by atomic mass is 9.84. The van der Waals surface area contributed by atoms with Gasteiger partial charge in [0.05, 0.1) is 6.61 Å². The van der Waals surface area contributed by atoms with Crippen LogP contribution in [0, 0.1) is 12.2 Å². The van der Waals surface area contributed by atoms with Crippen molar-refractivity contribution in [3.63, 3.8) is 0 Å². The van der Waals surface area contributed by atoms with Gasteiger partial charge in [-0.3, -0.25) is 0 Å². The van der Waals surface area contributed by atoms with Gasteiger partial charge in [-0.2, -0.15) is 0 Å². The monoisotopic (exact) mass is 409 g/mol. The van der Waals surface area contributed by atoms with Crippen LogP contribution in [0.1, 0.15) is 95.5 Å². The van der Waals surface area contributed by atoms with Crippen molar-refractivity contribution < 1.29 is 9.13 Å². The summed E-state index contributed by atoms with van der Waals surface area (Å²) < 4.78 is 20.2. The highest BCUT2D eigenvalue weighted by Crippen LogP contribution is 2.33. The van der Waals surface area contributed by atoms with Gasteiger partial charge >= 0.3 is 0 Å². The second-order valence-corrected chi connectivity index (χ2v) is 8.73. The molecular weight excluding hydrogens is 371 g/mol. The van der Waals surface area contributed by atoms with E-state index in [1.54, 1.807) is 12.1 Å². The maximum Gasteiger partial charge on any atom is 0.165 e. The molecule has 1 radical (unpaired) electrons. The largest absolute Gasteiger partial charge is 0.491 e. The molecule has 2 aromatic rings. The van der Waals surface area contributed by atoms with Crippen LogP contribution in [0.15, 0.2) is 42.5 Å². The third-order valence-corrected chi connectivity index (χ3v) is 6.34. The molecule has 0 atom stereocenters.